The Morgan fingerprint density at radius 2 is 2.06 bits per heavy atom. The molecule has 8 heteroatoms. The fourth-order valence-electron chi connectivity index (χ4n) is 1.71. The zero-order valence-electron chi connectivity index (χ0n) is 10.0. The van der Waals surface area contributed by atoms with Gasteiger partial charge < -0.3 is 9.15 Å². The molecule has 1 aliphatic heterocycles. The summed E-state index contributed by atoms with van der Waals surface area (Å²) in [7, 11) is -1.90. The fourth-order valence-corrected chi connectivity index (χ4v) is 3.35. The molecule has 1 saturated heterocycles. The summed E-state index contributed by atoms with van der Waals surface area (Å²) in [6, 6.07) is 3.49. The average molecular weight is 339 g/mol. The van der Waals surface area contributed by atoms with Gasteiger partial charge in [0.15, 0.2) is 4.67 Å². The van der Waals surface area contributed by atoms with Crippen molar-refractivity contribution in [2.75, 3.05) is 33.4 Å². The normalized spacial score (nSPS) is 18.4. The molecular formula is C10H15BrN2O4S. The van der Waals surface area contributed by atoms with Crippen LogP contribution >= 0.6 is 15.9 Å². The van der Waals surface area contributed by atoms with Crippen LogP contribution in [0.2, 0.25) is 0 Å². The predicted octanol–water partition coefficient (Wildman–Crippen LogP) is 1.05. The summed E-state index contributed by atoms with van der Waals surface area (Å²) in [6.07, 6.45) is 0. The molecule has 6 nitrogen and oxygen atoms in total. The first-order valence-electron chi connectivity index (χ1n) is 5.53. The van der Waals surface area contributed by atoms with Crippen molar-refractivity contribution >= 4 is 26.1 Å². The Kier molecular flexibility index (Phi) is 4.44. The van der Waals surface area contributed by atoms with E-state index >= 15 is 0 Å². The van der Waals surface area contributed by atoms with Gasteiger partial charge in [0.1, 0.15) is 5.76 Å². The third-order valence-corrected chi connectivity index (χ3v) is 5.06. The van der Waals surface area contributed by atoms with Crippen LogP contribution in [-0.4, -0.2) is 50.4 Å². The Balaban J connectivity index is 2.04. The van der Waals surface area contributed by atoms with Crippen molar-refractivity contribution in [3.05, 3.63) is 22.6 Å². The monoisotopic (exact) mass is 338 g/mol. The molecule has 0 bridgehead atoms. The fraction of sp³-hybridized carbons (Fsp3) is 0.600. The van der Waals surface area contributed by atoms with Crippen LogP contribution in [0.5, 0.6) is 0 Å². The summed E-state index contributed by atoms with van der Waals surface area (Å²) < 4.78 is 38.2. The SMILES string of the molecule is CN(Cc1ccc(Br)o1)S(=O)(=O)N1CCOCC1. The van der Waals surface area contributed by atoms with Gasteiger partial charge in [0.05, 0.1) is 19.8 Å². The second-order valence-corrected chi connectivity index (χ2v) is 6.80. The van der Waals surface area contributed by atoms with E-state index in [0.29, 0.717) is 36.7 Å². The third-order valence-electron chi connectivity index (χ3n) is 2.70. The summed E-state index contributed by atoms with van der Waals surface area (Å²) in [6.45, 7) is 1.90. The van der Waals surface area contributed by atoms with Gasteiger partial charge in [-0.05, 0) is 28.1 Å². The van der Waals surface area contributed by atoms with Crippen LogP contribution in [0.4, 0.5) is 0 Å². The summed E-state index contributed by atoms with van der Waals surface area (Å²) in [5.74, 6) is 0.598. The number of ether oxygens (including phenoxy) is 1. The Morgan fingerprint density at radius 3 is 2.61 bits per heavy atom. The number of nitrogens with zero attached hydrogens (tertiary/aromatic N) is 2. The van der Waals surface area contributed by atoms with Crippen LogP contribution < -0.4 is 0 Å². The van der Waals surface area contributed by atoms with Gasteiger partial charge in [0.25, 0.3) is 10.2 Å². The molecule has 0 saturated carbocycles. The van der Waals surface area contributed by atoms with Crippen molar-refractivity contribution in [2.24, 2.45) is 0 Å². The highest BCUT2D eigenvalue weighted by Crippen LogP contribution is 2.18. The third kappa shape index (κ3) is 3.12. The zero-order chi connectivity index (χ0) is 13.2. The molecule has 1 aromatic heterocycles. The highest BCUT2D eigenvalue weighted by molar-refractivity contribution is 9.10. The molecular weight excluding hydrogens is 324 g/mol. The van der Waals surface area contributed by atoms with Crippen molar-refractivity contribution in [2.45, 2.75) is 6.54 Å². The van der Waals surface area contributed by atoms with Crippen LogP contribution in [0, 0.1) is 0 Å². The minimum atomic E-state index is -3.44. The van der Waals surface area contributed by atoms with E-state index in [1.165, 1.54) is 8.61 Å². The molecule has 0 amide bonds. The van der Waals surface area contributed by atoms with E-state index in [1.807, 2.05) is 0 Å². The molecule has 0 spiro atoms. The van der Waals surface area contributed by atoms with Crippen molar-refractivity contribution < 1.29 is 17.6 Å². The molecule has 102 valence electrons. The number of morpholine rings is 1. The lowest BCUT2D eigenvalue weighted by molar-refractivity contribution is 0.0704. The molecule has 0 unspecified atom stereocenters. The van der Waals surface area contributed by atoms with Crippen molar-refractivity contribution in [3.8, 4) is 0 Å². The zero-order valence-corrected chi connectivity index (χ0v) is 12.4. The van der Waals surface area contributed by atoms with E-state index in [2.05, 4.69) is 15.9 Å². The van der Waals surface area contributed by atoms with Crippen molar-refractivity contribution in [1.29, 1.82) is 0 Å². The summed E-state index contributed by atoms with van der Waals surface area (Å²) in [5.41, 5.74) is 0. The quantitative estimate of drug-likeness (QED) is 0.823. The number of hydrogen-bond acceptors (Lipinski definition) is 4. The van der Waals surface area contributed by atoms with Crippen molar-refractivity contribution in [3.63, 3.8) is 0 Å². The van der Waals surface area contributed by atoms with E-state index in [-0.39, 0.29) is 6.54 Å². The number of hydrogen-bond donors (Lipinski definition) is 0. The number of furan rings is 1. The standard InChI is InChI=1S/C10H15BrN2O4S/c1-12(8-9-2-3-10(11)17-9)18(14,15)13-4-6-16-7-5-13/h2-3H,4-8H2,1H3. The largest absolute Gasteiger partial charge is 0.453 e. The van der Waals surface area contributed by atoms with E-state index in [0.717, 1.165) is 0 Å². The van der Waals surface area contributed by atoms with Crippen LogP contribution in [0.15, 0.2) is 21.2 Å². The van der Waals surface area contributed by atoms with E-state index in [4.69, 9.17) is 9.15 Å². The van der Waals surface area contributed by atoms with E-state index in [1.54, 1.807) is 19.2 Å². The van der Waals surface area contributed by atoms with E-state index in [9.17, 15) is 8.42 Å². The molecule has 18 heavy (non-hydrogen) atoms. The maximum absolute atomic E-state index is 12.2. The molecule has 1 fully saturated rings. The first-order chi connectivity index (χ1) is 8.50. The molecule has 0 aromatic carbocycles. The Bertz CT molecular complexity index is 496. The summed E-state index contributed by atoms with van der Waals surface area (Å²) >= 11 is 3.19. The van der Waals surface area contributed by atoms with Gasteiger partial charge in [0, 0.05) is 20.1 Å². The van der Waals surface area contributed by atoms with Gasteiger partial charge in [-0.15, -0.1) is 0 Å². The molecule has 0 aliphatic carbocycles. The highest BCUT2D eigenvalue weighted by Gasteiger charge is 2.28. The van der Waals surface area contributed by atoms with Gasteiger partial charge in [-0.3, -0.25) is 0 Å². The van der Waals surface area contributed by atoms with Crippen LogP contribution in [0.25, 0.3) is 0 Å². The van der Waals surface area contributed by atoms with Crippen LogP contribution in [0.3, 0.4) is 0 Å². The van der Waals surface area contributed by atoms with Gasteiger partial charge in [-0.25, -0.2) is 0 Å². The number of halogens is 1. The van der Waals surface area contributed by atoms with Crippen LogP contribution in [0.1, 0.15) is 5.76 Å². The Morgan fingerprint density at radius 1 is 1.39 bits per heavy atom. The minimum Gasteiger partial charge on any atom is -0.453 e. The second kappa shape index (κ2) is 5.70. The molecule has 2 heterocycles. The molecule has 0 radical (unpaired) electrons. The van der Waals surface area contributed by atoms with Crippen molar-refractivity contribution in [1.82, 2.24) is 8.61 Å². The molecule has 0 atom stereocenters. The Labute approximate surface area is 115 Å². The number of rotatable bonds is 4. The lowest BCUT2D eigenvalue weighted by atomic mass is 10.4. The molecule has 1 aliphatic rings. The average Bonchev–Trinajstić information content (AvgIpc) is 2.76. The summed E-state index contributed by atoms with van der Waals surface area (Å²) in [5, 5.41) is 0. The highest BCUT2D eigenvalue weighted by atomic mass is 79.9. The minimum absolute atomic E-state index is 0.214. The Hall–Kier alpha value is -0.410. The first-order valence-corrected chi connectivity index (χ1v) is 7.72. The van der Waals surface area contributed by atoms with E-state index < -0.39 is 10.2 Å². The second-order valence-electron chi connectivity index (χ2n) is 3.98. The maximum Gasteiger partial charge on any atom is 0.282 e. The maximum atomic E-state index is 12.2. The summed E-state index contributed by atoms with van der Waals surface area (Å²) in [4.78, 5) is 0. The van der Waals surface area contributed by atoms with Gasteiger partial charge >= 0.3 is 0 Å². The lowest BCUT2D eigenvalue weighted by Gasteiger charge is -2.29. The molecule has 0 N–H and O–H groups in total. The van der Waals surface area contributed by atoms with Gasteiger partial charge in [0.2, 0.25) is 0 Å². The van der Waals surface area contributed by atoms with Gasteiger partial charge in [-0.2, -0.15) is 17.0 Å². The molecule has 1 aromatic rings. The first kappa shape index (κ1) is 14.0. The predicted molar refractivity (Wildman–Crippen MR) is 69.2 cm³/mol. The van der Waals surface area contributed by atoms with Crippen LogP contribution in [-0.2, 0) is 21.5 Å². The lowest BCUT2D eigenvalue weighted by Crippen LogP contribution is -2.46. The smallest absolute Gasteiger partial charge is 0.282 e. The molecule has 2 rings (SSSR count). The van der Waals surface area contributed by atoms with Gasteiger partial charge in [-0.1, -0.05) is 0 Å². The topological polar surface area (TPSA) is 63.0 Å².